The molecule has 0 unspecified atom stereocenters. The van der Waals surface area contributed by atoms with Gasteiger partial charge in [-0.2, -0.15) is 0 Å². The van der Waals surface area contributed by atoms with Gasteiger partial charge >= 0.3 is 23.9 Å². The van der Waals surface area contributed by atoms with Gasteiger partial charge < -0.3 is 34.6 Å². The first-order valence-corrected chi connectivity index (χ1v) is 17.2. The third-order valence-corrected chi connectivity index (χ3v) is 9.45. The Labute approximate surface area is 303 Å². The molecule has 0 bridgehead atoms. The molecular weight excluding hydrogens is 696 g/mol. The normalized spacial score (nSPS) is 14.3. The highest BCUT2D eigenvalue weighted by atomic mass is 32.1. The first kappa shape index (κ1) is 39.4. The average molecular weight is 737 g/mol. The molecule has 6 rings (SSSR count). The van der Waals surface area contributed by atoms with E-state index in [1.54, 1.807) is 18.4 Å². The third-order valence-electron chi connectivity index (χ3n) is 8.23. The zero-order valence-corrected chi connectivity index (χ0v) is 29.3. The van der Waals surface area contributed by atoms with Crippen LogP contribution in [0.15, 0.2) is 66.7 Å². The summed E-state index contributed by atoms with van der Waals surface area (Å²) in [5.74, 6) is -5.68. The van der Waals surface area contributed by atoms with Crippen LogP contribution in [0.4, 0.5) is 0 Å². The third kappa shape index (κ3) is 11.1. The molecule has 15 heteroatoms. The van der Waals surface area contributed by atoms with E-state index in [-0.39, 0.29) is 5.78 Å². The zero-order valence-electron chi connectivity index (χ0n) is 28.5. The Morgan fingerprint density at radius 1 is 0.769 bits per heavy atom. The van der Waals surface area contributed by atoms with E-state index in [4.69, 9.17) is 53.8 Å². The molecule has 0 spiro atoms. The molecule has 0 aliphatic carbocycles. The Bertz CT molecular complexity index is 1810. The second-order valence-corrected chi connectivity index (χ2v) is 12.7. The maximum Gasteiger partial charge on any atom is 0.414 e. The van der Waals surface area contributed by atoms with Gasteiger partial charge in [0, 0.05) is 57.8 Å². The number of likely N-dealkylation sites (tertiary alicyclic amines) is 1. The number of carbonyl (C=O) groups excluding carboxylic acids is 1. The van der Waals surface area contributed by atoms with Crippen LogP contribution in [0.2, 0.25) is 0 Å². The predicted octanol–water partition coefficient (Wildman–Crippen LogP) is 4.43. The first-order valence-electron chi connectivity index (χ1n) is 16.4. The van der Waals surface area contributed by atoms with Gasteiger partial charge in [-0.15, -0.1) is 11.3 Å². The number of carboxylic acid groups (broad SMARTS) is 4. The summed E-state index contributed by atoms with van der Waals surface area (Å²) in [5.41, 5.74) is 3.48. The van der Waals surface area contributed by atoms with Gasteiger partial charge in [0.1, 0.15) is 18.1 Å². The average Bonchev–Trinajstić information content (AvgIpc) is 3.81. The summed E-state index contributed by atoms with van der Waals surface area (Å²) in [5, 5.41) is 30.5. The number of nitrogens with zero attached hydrogens (tertiary/aromatic N) is 2. The molecule has 3 heterocycles. The molecule has 0 atom stereocenters. The minimum absolute atomic E-state index is 0.00890. The van der Waals surface area contributed by atoms with E-state index in [1.807, 2.05) is 48.5 Å². The summed E-state index contributed by atoms with van der Waals surface area (Å²) in [4.78, 5) is 56.3. The molecular formula is C37H40N2O12S. The van der Waals surface area contributed by atoms with Crippen LogP contribution >= 0.6 is 11.3 Å². The summed E-state index contributed by atoms with van der Waals surface area (Å²) < 4.78 is 18.4. The number of thiophene rings is 1. The molecule has 0 amide bonds. The van der Waals surface area contributed by atoms with E-state index in [9.17, 15) is 4.79 Å². The molecule has 2 fully saturated rings. The molecule has 0 radical (unpaired) electrons. The molecule has 52 heavy (non-hydrogen) atoms. The molecule has 1 aromatic heterocycles. The van der Waals surface area contributed by atoms with Crippen LogP contribution in [0.1, 0.15) is 34.3 Å². The molecule has 276 valence electrons. The number of aliphatic carboxylic acids is 4. The van der Waals surface area contributed by atoms with Crippen molar-refractivity contribution in [1.82, 2.24) is 9.80 Å². The first-order chi connectivity index (χ1) is 25.0. The van der Waals surface area contributed by atoms with Gasteiger partial charge in [0.2, 0.25) is 0 Å². The van der Waals surface area contributed by atoms with E-state index >= 15 is 0 Å². The quantitative estimate of drug-likeness (QED) is 0.132. The lowest BCUT2D eigenvalue weighted by Crippen LogP contribution is -2.35. The molecule has 2 saturated heterocycles. The Kier molecular flexibility index (Phi) is 14.6. The fraction of sp³-hybridized carbons (Fsp3) is 0.324. The lowest BCUT2D eigenvalue weighted by molar-refractivity contribution is -0.159. The highest BCUT2D eigenvalue weighted by Crippen LogP contribution is 2.40. The number of carboxylic acids is 4. The largest absolute Gasteiger partial charge is 0.496 e. The number of fused-ring (bicyclic) bond motifs is 1. The van der Waals surface area contributed by atoms with E-state index in [0.717, 1.165) is 82.5 Å². The van der Waals surface area contributed by atoms with Crippen LogP contribution in [-0.2, 0) is 30.5 Å². The van der Waals surface area contributed by atoms with Crippen LogP contribution in [0.5, 0.6) is 11.5 Å². The SMILES string of the molecule is COc1cc(C(=O)c2c(-c3ccc(OCCN4CCCC4)cc3)sc3ccccc23)ccc1CN1CCOCC1.O=C(O)C(=O)O.O=C(O)C(=O)O. The number of morpholine rings is 1. The van der Waals surface area contributed by atoms with Crippen LogP contribution in [0, 0.1) is 0 Å². The topological polar surface area (TPSA) is 200 Å². The summed E-state index contributed by atoms with van der Waals surface area (Å²) >= 11 is 1.66. The Morgan fingerprint density at radius 2 is 1.38 bits per heavy atom. The number of hydrogen-bond donors (Lipinski definition) is 4. The number of benzene rings is 3. The Balaban J connectivity index is 0.000000436. The monoisotopic (exact) mass is 736 g/mol. The second kappa shape index (κ2) is 19.3. The van der Waals surface area contributed by atoms with Crippen molar-refractivity contribution in [3.8, 4) is 21.9 Å². The summed E-state index contributed by atoms with van der Waals surface area (Å²) in [7, 11) is 1.67. The van der Waals surface area contributed by atoms with Crippen molar-refractivity contribution in [2.75, 3.05) is 59.7 Å². The van der Waals surface area contributed by atoms with Crippen molar-refractivity contribution in [3.63, 3.8) is 0 Å². The standard InChI is InChI=1S/C33H36N2O4S.2C2H2O4/c1-37-29-22-25(8-9-26(29)23-35-16-19-38-20-17-35)32(36)31-28-6-2-3-7-30(28)40-33(31)24-10-12-27(13-11-24)39-21-18-34-14-4-5-15-34;2*3-1(4)2(5)6/h2-3,6-13,22H,4-5,14-21,23H2,1H3;2*(H,3,4)(H,5,6). The molecule has 2 aliphatic heterocycles. The maximum atomic E-state index is 14.1. The molecule has 0 saturated carbocycles. The van der Waals surface area contributed by atoms with Gasteiger partial charge in [-0.05, 0) is 67.9 Å². The van der Waals surface area contributed by atoms with Crippen LogP contribution < -0.4 is 9.47 Å². The Hall–Kier alpha value is -5.35. The lowest BCUT2D eigenvalue weighted by atomic mass is 9.96. The van der Waals surface area contributed by atoms with Gasteiger partial charge in [0.05, 0.1) is 20.3 Å². The van der Waals surface area contributed by atoms with Crippen LogP contribution in [0.25, 0.3) is 20.5 Å². The molecule has 4 N–H and O–H groups in total. The van der Waals surface area contributed by atoms with Crippen LogP contribution in [0.3, 0.4) is 0 Å². The predicted molar refractivity (Wildman–Crippen MR) is 191 cm³/mol. The maximum absolute atomic E-state index is 14.1. The minimum Gasteiger partial charge on any atom is -0.496 e. The summed E-state index contributed by atoms with van der Waals surface area (Å²) in [6.45, 7) is 8.08. The zero-order chi connectivity index (χ0) is 37.6. The van der Waals surface area contributed by atoms with Crippen molar-refractivity contribution >= 4 is 51.1 Å². The summed E-state index contributed by atoms with van der Waals surface area (Å²) in [6, 6.07) is 22.2. The van der Waals surface area contributed by atoms with Crippen molar-refractivity contribution in [3.05, 3.63) is 83.4 Å². The number of hydrogen-bond acceptors (Lipinski definition) is 11. The van der Waals surface area contributed by atoms with E-state index in [0.29, 0.717) is 12.2 Å². The van der Waals surface area contributed by atoms with Crippen molar-refractivity contribution in [2.24, 2.45) is 0 Å². The van der Waals surface area contributed by atoms with Gasteiger partial charge in [0.25, 0.3) is 0 Å². The van der Waals surface area contributed by atoms with Gasteiger partial charge in [-0.25, -0.2) is 19.2 Å². The van der Waals surface area contributed by atoms with Gasteiger partial charge in [0.15, 0.2) is 5.78 Å². The molecule has 2 aliphatic rings. The van der Waals surface area contributed by atoms with Gasteiger partial charge in [-0.1, -0.05) is 30.3 Å². The van der Waals surface area contributed by atoms with E-state index in [1.165, 1.54) is 25.9 Å². The number of rotatable bonds is 10. The highest BCUT2D eigenvalue weighted by Gasteiger charge is 2.23. The molecule has 14 nitrogen and oxygen atoms in total. The van der Waals surface area contributed by atoms with E-state index in [2.05, 4.69) is 28.0 Å². The van der Waals surface area contributed by atoms with Crippen molar-refractivity contribution in [1.29, 1.82) is 0 Å². The fourth-order valence-electron chi connectivity index (χ4n) is 5.64. The van der Waals surface area contributed by atoms with E-state index < -0.39 is 23.9 Å². The van der Waals surface area contributed by atoms with Gasteiger partial charge in [-0.3, -0.25) is 14.6 Å². The molecule has 4 aromatic rings. The Morgan fingerprint density at radius 3 is 1.98 bits per heavy atom. The lowest BCUT2D eigenvalue weighted by Gasteiger charge is -2.27. The number of ketones is 1. The highest BCUT2D eigenvalue weighted by molar-refractivity contribution is 7.22. The number of ether oxygens (including phenoxy) is 3. The van der Waals surface area contributed by atoms with Crippen LogP contribution in [-0.4, -0.2) is 120 Å². The second-order valence-electron chi connectivity index (χ2n) is 11.7. The van der Waals surface area contributed by atoms with Crippen molar-refractivity contribution in [2.45, 2.75) is 19.4 Å². The van der Waals surface area contributed by atoms with Crippen molar-refractivity contribution < 1.29 is 58.6 Å². The fourth-order valence-corrected chi connectivity index (χ4v) is 6.84. The number of methoxy groups -OCH3 is 1. The minimum atomic E-state index is -1.82. The smallest absolute Gasteiger partial charge is 0.414 e. The number of carbonyl (C=O) groups is 5. The summed E-state index contributed by atoms with van der Waals surface area (Å²) in [6.07, 6.45) is 2.58. The molecule has 3 aromatic carbocycles.